The van der Waals surface area contributed by atoms with E-state index in [1.807, 2.05) is 32.0 Å². The van der Waals surface area contributed by atoms with Gasteiger partial charge in [0.1, 0.15) is 5.75 Å². The Labute approximate surface area is 101 Å². The standard InChI is InChI=1S/C13H18N2O2/c1-9-6-10(17-3)4-5-11(9)12(16)15-7-13(2,14)8-15/h4-6H,7-8,14H2,1-3H3. The average molecular weight is 234 g/mol. The van der Waals surface area contributed by atoms with Gasteiger partial charge in [-0.15, -0.1) is 0 Å². The predicted molar refractivity (Wildman–Crippen MR) is 66.2 cm³/mol. The minimum atomic E-state index is -0.226. The van der Waals surface area contributed by atoms with E-state index >= 15 is 0 Å². The molecule has 1 saturated heterocycles. The normalized spacial score (nSPS) is 17.5. The first-order chi connectivity index (χ1) is 7.93. The number of likely N-dealkylation sites (tertiary alicyclic amines) is 1. The van der Waals surface area contributed by atoms with E-state index in [-0.39, 0.29) is 11.4 Å². The lowest BCUT2D eigenvalue weighted by Gasteiger charge is -2.45. The molecule has 0 radical (unpaired) electrons. The van der Waals surface area contributed by atoms with Crippen LogP contribution in [-0.4, -0.2) is 36.5 Å². The number of rotatable bonds is 2. The van der Waals surface area contributed by atoms with Crippen molar-refractivity contribution in [2.45, 2.75) is 19.4 Å². The van der Waals surface area contributed by atoms with Crippen LogP contribution in [0.4, 0.5) is 0 Å². The van der Waals surface area contributed by atoms with Crippen LogP contribution in [0.1, 0.15) is 22.8 Å². The Balaban J connectivity index is 2.15. The van der Waals surface area contributed by atoms with Gasteiger partial charge in [0.2, 0.25) is 0 Å². The number of carbonyl (C=O) groups is 1. The van der Waals surface area contributed by atoms with Crippen molar-refractivity contribution < 1.29 is 9.53 Å². The number of ether oxygens (including phenoxy) is 1. The van der Waals surface area contributed by atoms with Crippen molar-refractivity contribution in [3.63, 3.8) is 0 Å². The summed E-state index contributed by atoms with van der Waals surface area (Å²) in [4.78, 5) is 13.9. The molecule has 1 aliphatic rings. The van der Waals surface area contributed by atoms with Gasteiger partial charge in [-0.05, 0) is 37.6 Å². The fourth-order valence-corrected chi connectivity index (χ4v) is 2.14. The lowest BCUT2D eigenvalue weighted by atomic mass is 9.92. The monoisotopic (exact) mass is 234 g/mol. The Morgan fingerprint density at radius 3 is 2.59 bits per heavy atom. The predicted octanol–water partition coefficient (Wildman–Crippen LogP) is 1.18. The summed E-state index contributed by atoms with van der Waals surface area (Å²) in [5.74, 6) is 0.819. The molecule has 4 heteroatoms. The Bertz CT molecular complexity index is 447. The number of nitrogens with two attached hydrogens (primary N) is 1. The first-order valence-corrected chi connectivity index (χ1v) is 5.66. The minimum Gasteiger partial charge on any atom is -0.497 e. The minimum absolute atomic E-state index is 0.0491. The van der Waals surface area contributed by atoms with E-state index < -0.39 is 0 Å². The van der Waals surface area contributed by atoms with Gasteiger partial charge in [-0.25, -0.2) is 0 Å². The maximum absolute atomic E-state index is 12.2. The van der Waals surface area contributed by atoms with Crippen LogP contribution in [0.5, 0.6) is 5.75 Å². The van der Waals surface area contributed by atoms with E-state index in [1.54, 1.807) is 12.0 Å². The first kappa shape index (κ1) is 11.9. The zero-order chi connectivity index (χ0) is 12.6. The summed E-state index contributed by atoms with van der Waals surface area (Å²) >= 11 is 0. The molecule has 0 spiro atoms. The van der Waals surface area contributed by atoms with Crippen molar-refractivity contribution >= 4 is 5.91 Å². The van der Waals surface area contributed by atoms with Crippen molar-refractivity contribution in [2.75, 3.05) is 20.2 Å². The van der Waals surface area contributed by atoms with Crippen molar-refractivity contribution in [3.05, 3.63) is 29.3 Å². The lowest BCUT2D eigenvalue weighted by molar-refractivity contribution is 0.0453. The van der Waals surface area contributed by atoms with Crippen LogP contribution >= 0.6 is 0 Å². The number of methoxy groups -OCH3 is 1. The number of nitrogens with zero attached hydrogens (tertiary/aromatic N) is 1. The molecule has 4 nitrogen and oxygen atoms in total. The maximum Gasteiger partial charge on any atom is 0.254 e. The third-order valence-electron chi connectivity index (χ3n) is 3.06. The zero-order valence-electron chi connectivity index (χ0n) is 10.5. The molecule has 0 aromatic heterocycles. The molecular formula is C13H18N2O2. The SMILES string of the molecule is COc1ccc(C(=O)N2CC(C)(N)C2)c(C)c1. The quantitative estimate of drug-likeness (QED) is 0.836. The molecule has 0 bridgehead atoms. The second-order valence-electron chi connectivity index (χ2n) is 5.00. The number of benzene rings is 1. The number of hydrogen-bond acceptors (Lipinski definition) is 3. The molecule has 2 N–H and O–H groups in total. The molecule has 2 rings (SSSR count). The molecule has 0 aliphatic carbocycles. The molecule has 0 atom stereocenters. The highest BCUT2D eigenvalue weighted by atomic mass is 16.5. The molecular weight excluding hydrogens is 216 g/mol. The van der Waals surface area contributed by atoms with Gasteiger partial charge in [0.25, 0.3) is 5.91 Å². The third-order valence-corrected chi connectivity index (χ3v) is 3.06. The zero-order valence-corrected chi connectivity index (χ0v) is 10.5. The van der Waals surface area contributed by atoms with Crippen molar-refractivity contribution in [1.29, 1.82) is 0 Å². The number of aryl methyl sites for hydroxylation is 1. The Morgan fingerprint density at radius 2 is 2.12 bits per heavy atom. The van der Waals surface area contributed by atoms with Crippen LogP contribution in [0.3, 0.4) is 0 Å². The Kier molecular flexibility index (Phi) is 2.83. The van der Waals surface area contributed by atoms with Crippen LogP contribution in [0.2, 0.25) is 0 Å². The van der Waals surface area contributed by atoms with Gasteiger partial charge in [-0.2, -0.15) is 0 Å². The summed E-state index contributed by atoms with van der Waals surface area (Å²) in [6.45, 7) is 5.11. The Hall–Kier alpha value is -1.55. The lowest BCUT2D eigenvalue weighted by Crippen LogP contribution is -2.66. The van der Waals surface area contributed by atoms with E-state index in [1.165, 1.54) is 0 Å². The van der Waals surface area contributed by atoms with Crippen LogP contribution in [0.25, 0.3) is 0 Å². The van der Waals surface area contributed by atoms with Crippen LogP contribution in [-0.2, 0) is 0 Å². The summed E-state index contributed by atoms with van der Waals surface area (Å²) in [7, 11) is 1.62. The van der Waals surface area contributed by atoms with Crippen LogP contribution < -0.4 is 10.5 Å². The molecule has 1 amide bonds. The molecule has 1 aliphatic heterocycles. The fourth-order valence-electron chi connectivity index (χ4n) is 2.14. The molecule has 17 heavy (non-hydrogen) atoms. The summed E-state index contributed by atoms with van der Waals surface area (Å²) in [6.07, 6.45) is 0. The first-order valence-electron chi connectivity index (χ1n) is 5.66. The van der Waals surface area contributed by atoms with Crippen LogP contribution in [0.15, 0.2) is 18.2 Å². The number of carbonyl (C=O) groups excluding carboxylic acids is 1. The smallest absolute Gasteiger partial charge is 0.254 e. The maximum atomic E-state index is 12.2. The summed E-state index contributed by atoms with van der Waals surface area (Å²) in [6, 6.07) is 5.49. The number of hydrogen-bond donors (Lipinski definition) is 1. The highest BCUT2D eigenvalue weighted by molar-refractivity contribution is 5.96. The highest BCUT2D eigenvalue weighted by Gasteiger charge is 2.38. The van der Waals surface area contributed by atoms with E-state index in [0.717, 1.165) is 16.9 Å². The van der Waals surface area contributed by atoms with Crippen molar-refractivity contribution in [2.24, 2.45) is 5.73 Å². The molecule has 1 fully saturated rings. The molecule has 1 heterocycles. The summed E-state index contributed by atoms with van der Waals surface area (Å²) < 4.78 is 5.12. The highest BCUT2D eigenvalue weighted by Crippen LogP contribution is 2.23. The summed E-state index contributed by atoms with van der Waals surface area (Å²) in [5.41, 5.74) is 7.33. The van der Waals surface area contributed by atoms with E-state index in [4.69, 9.17) is 10.5 Å². The van der Waals surface area contributed by atoms with Crippen LogP contribution in [0, 0.1) is 6.92 Å². The van der Waals surface area contributed by atoms with Gasteiger partial charge in [0, 0.05) is 24.2 Å². The van der Waals surface area contributed by atoms with E-state index in [2.05, 4.69) is 0 Å². The van der Waals surface area contributed by atoms with Gasteiger partial charge < -0.3 is 15.4 Å². The van der Waals surface area contributed by atoms with Gasteiger partial charge >= 0.3 is 0 Å². The second-order valence-corrected chi connectivity index (χ2v) is 5.00. The molecule has 0 saturated carbocycles. The summed E-state index contributed by atoms with van der Waals surface area (Å²) in [5, 5.41) is 0. The fraction of sp³-hybridized carbons (Fsp3) is 0.462. The largest absolute Gasteiger partial charge is 0.497 e. The second kappa shape index (κ2) is 4.04. The van der Waals surface area contributed by atoms with Gasteiger partial charge in [0.15, 0.2) is 0 Å². The van der Waals surface area contributed by atoms with Gasteiger partial charge in [0.05, 0.1) is 7.11 Å². The average Bonchev–Trinajstić information content (AvgIpc) is 2.24. The van der Waals surface area contributed by atoms with Gasteiger partial charge in [-0.1, -0.05) is 0 Å². The molecule has 92 valence electrons. The van der Waals surface area contributed by atoms with Gasteiger partial charge in [-0.3, -0.25) is 4.79 Å². The molecule has 1 aromatic rings. The van der Waals surface area contributed by atoms with Crippen molar-refractivity contribution in [1.82, 2.24) is 4.90 Å². The van der Waals surface area contributed by atoms with E-state index in [9.17, 15) is 4.79 Å². The molecule has 0 unspecified atom stereocenters. The molecule has 1 aromatic carbocycles. The third kappa shape index (κ3) is 2.26. The van der Waals surface area contributed by atoms with E-state index in [0.29, 0.717) is 13.1 Å². The number of amides is 1. The topological polar surface area (TPSA) is 55.6 Å². The Morgan fingerprint density at radius 1 is 1.47 bits per heavy atom. The van der Waals surface area contributed by atoms with Crippen molar-refractivity contribution in [3.8, 4) is 5.75 Å².